The number of anilines is 3. The molecule has 1 aliphatic rings. The topological polar surface area (TPSA) is 97.0 Å². The van der Waals surface area contributed by atoms with Gasteiger partial charge in [-0.15, -0.1) is 24.5 Å². The normalized spacial score (nSPS) is 14.3. The lowest BCUT2D eigenvalue weighted by molar-refractivity contribution is -0.274. The van der Waals surface area contributed by atoms with Gasteiger partial charge in [-0.25, -0.2) is 8.42 Å². The van der Waals surface area contributed by atoms with Crippen LogP contribution in [-0.2, 0) is 14.8 Å². The Morgan fingerprint density at radius 3 is 2.44 bits per heavy atom. The van der Waals surface area contributed by atoms with Gasteiger partial charge in [0.1, 0.15) is 15.5 Å². The van der Waals surface area contributed by atoms with Crippen molar-refractivity contribution >= 4 is 55.9 Å². The lowest BCUT2D eigenvalue weighted by atomic mass is 10.0. The quantitative estimate of drug-likeness (QED) is 0.338. The highest BCUT2D eigenvalue weighted by atomic mass is 35.5. The Balaban J connectivity index is 1.58. The zero-order valence-corrected chi connectivity index (χ0v) is 23.5. The van der Waals surface area contributed by atoms with Gasteiger partial charge in [-0.3, -0.25) is 9.52 Å². The first kappa shape index (κ1) is 29.0. The molecular formula is C25H25ClF3N3O5S2. The summed E-state index contributed by atoms with van der Waals surface area (Å²) in [6.45, 7) is 8.47. The highest BCUT2D eigenvalue weighted by molar-refractivity contribution is 7.92. The van der Waals surface area contributed by atoms with Crippen LogP contribution in [0, 0.1) is 20.8 Å². The average molecular weight is 604 g/mol. The van der Waals surface area contributed by atoms with Crippen molar-refractivity contribution in [3.05, 3.63) is 62.3 Å². The predicted octanol–water partition coefficient (Wildman–Crippen LogP) is 6.12. The fraction of sp³-hybridized carbons (Fsp3) is 0.320. The molecule has 0 saturated carbocycles. The number of nitrogens with zero attached hydrogens (tertiary/aromatic N) is 1. The second-order valence-corrected chi connectivity index (χ2v) is 11.8. The van der Waals surface area contributed by atoms with Crippen LogP contribution >= 0.6 is 22.9 Å². The highest BCUT2D eigenvalue weighted by Crippen LogP contribution is 2.36. The zero-order chi connectivity index (χ0) is 28.5. The molecule has 1 fully saturated rings. The molecule has 0 bridgehead atoms. The number of hydrogen-bond acceptors (Lipinski definition) is 7. The number of carbonyl (C=O) groups is 1. The summed E-state index contributed by atoms with van der Waals surface area (Å²) in [7, 11) is -4.36. The third-order valence-electron chi connectivity index (χ3n) is 6.04. The SMILES string of the molecule is Cc1cc(C)c(N2CCOCC2)c(C)c1NC(=O)c1sccc1NS(=O)(=O)c1ccc(OC(F)(F)F)cc1Cl. The standard InChI is InChI=1S/C25H25ClF3N3O5S2/c1-14-12-15(2)22(32-7-9-36-10-8-32)16(3)21(14)30-24(33)23-19(6-11-38-23)31-39(34,35)20-5-4-17(13-18(20)26)37-25(27,28)29/h4-6,11-13,31H,7-10H2,1-3H3,(H,30,33). The van der Waals surface area contributed by atoms with Crippen molar-refractivity contribution in [2.24, 2.45) is 0 Å². The molecule has 2 heterocycles. The van der Waals surface area contributed by atoms with Gasteiger partial charge in [0.25, 0.3) is 15.9 Å². The molecule has 0 aliphatic carbocycles. The largest absolute Gasteiger partial charge is 0.573 e. The van der Waals surface area contributed by atoms with E-state index >= 15 is 0 Å². The van der Waals surface area contributed by atoms with Crippen LogP contribution < -0.4 is 19.7 Å². The number of morpholine rings is 1. The monoisotopic (exact) mass is 603 g/mol. The molecule has 1 aromatic heterocycles. The average Bonchev–Trinajstić information content (AvgIpc) is 3.28. The predicted molar refractivity (Wildman–Crippen MR) is 145 cm³/mol. The van der Waals surface area contributed by atoms with Crippen LogP contribution in [-0.4, -0.2) is 47.0 Å². The molecular weight excluding hydrogens is 579 g/mol. The third-order valence-corrected chi connectivity index (χ3v) is 8.80. The molecule has 14 heteroatoms. The van der Waals surface area contributed by atoms with Crippen LogP contribution in [0.2, 0.25) is 5.02 Å². The van der Waals surface area contributed by atoms with Crippen molar-refractivity contribution in [2.45, 2.75) is 32.0 Å². The molecule has 1 amide bonds. The van der Waals surface area contributed by atoms with Crippen LogP contribution in [0.25, 0.3) is 0 Å². The van der Waals surface area contributed by atoms with Crippen molar-refractivity contribution in [3.8, 4) is 5.75 Å². The van der Waals surface area contributed by atoms with E-state index < -0.39 is 38.0 Å². The number of thiophene rings is 1. The minimum Gasteiger partial charge on any atom is -0.406 e. The van der Waals surface area contributed by atoms with Crippen LogP contribution in [0.3, 0.4) is 0 Å². The number of benzene rings is 2. The van der Waals surface area contributed by atoms with Gasteiger partial charge in [-0.05, 0) is 61.0 Å². The minimum absolute atomic E-state index is 0.00000488. The van der Waals surface area contributed by atoms with E-state index in [0.717, 1.165) is 65.0 Å². The van der Waals surface area contributed by atoms with Gasteiger partial charge in [-0.2, -0.15) is 0 Å². The smallest absolute Gasteiger partial charge is 0.406 e. The number of rotatable bonds is 7. The molecule has 210 valence electrons. The molecule has 0 spiro atoms. The lowest BCUT2D eigenvalue weighted by Gasteiger charge is -2.32. The Kier molecular flexibility index (Phi) is 8.36. The Bertz CT molecular complexity index is 1500. The third kappa shape index (κ3) is 6.60. The first-order valence-corrected chi connectivity index (χ1v) is 14.4. The number of nitrogens with one attached hydrogen (secondary N) is 2. The van der Waals surface area contributed by atoms with E-state index in [1.165, 1.54) is 6.07 Å². The fourth-order valence-corrected chi connectivity index (χ4v) is 6.89. The van der Waals surface area contributed by atoms with E-state index in [2.05, 4.69) is 19.7 Å². The van der Waals surface area contributed by atoms with Crippen molar-refractivity contribution in [1.82, 2.24) is 0 Å². The van der Waals surface area contributed by atoms with Crippen LogP contribution in [0.5, 0.6) is 5.75 Å². The molecule has 0 radical (unpaired) electrons. The summed E-state index contributed by atoms with van der Waals surface area (Å²) in [6, 6.07) is 5.88. The Morgan fingerprint density at radius 1 is 1.10 bits per heavy atom. The fourth-order valence-electron chi connectivity index (χ4n) is 4.47. The second-order valence-electron chi connectivity index (χ2n) is 8.82. The maximum atomic E-state index is 13.3. The van der Waals surface area contributed by atoms with E-state index in [9.17, 15) is 26.4 Å². The van der Waals surface area contributed by atoms with Crippen molar-refractivity contribution < 1.29 is 35.9 Å². The molecule has 1 aliphatic heterocycles. The molecule has 3 aromatic rings. The van der Waals surface area contributed by atoms with Gasteiger partial charge in [0, 0.05) is 30.5 Å². The number of halogens is 4. The molecule has 2 aromatic carbocycles. The van der Waals surface area contributed by atoms with E-state index in [4.69, 9.17) is 16.3 Å². The number of hydrogen-bond donors (Lipinski definition) is 2. The second kappa shape index (κ2) is 11.2. The highest BCUT2D eigenvalue weighted by Gasteiger charge is 2.32. The van der Waals surface area contributed by atoms with Gasteiger partial charge in [-0.1, -0.05) is 17.7 Å². The first-order chi connectivity index (χ1) is 18.3. The molecule has 0 atom stereocenters. The molecule has 2 N–H and O–H groups in total. The molecule has 39 heavy (non-hydrogen) atoms. The van der Waals surface area contributed by atoms with Crippen molar-refractivity contribution in [2.75, 3.05) is 41.2 Å². The first-order valence-electron chi connectivity index (χ1n) is 11.7. The summed E-state index contributed by atoms with van der Waals surface area (Å²) < 4.78 is 75.0. The van der Waals surface area contributed by atoms with Crippen LogP contribution in [0.15, 0.2) is 40.6 Å². The maximum Gasteiger partial charge on any atom is 0.573 e. The van der Waals surface area contributed by atoms with E-state index in [1.807, 2.05) is 26.8 Å². The summed E-state index contributed by atoms with van der Waals surface area (Å²) >= 11 is 6.99. The summed E-state index contributed by atoms with van der Waals surface area (Å²) in [5.41, 5.74) is 4.44. The number of aryl methyl sites for hydroxylation is 2. The van der Waals surface area contributed by atoms with Gasteiger partial charge in [0.05, 0.1) is 23.9 Å². The van der Waals surface area contributed by atoms with Gasteiger partial charge in [0.2, 0.25) is 0 Å². The minimum atomic E-state index is -4.96. The van der Waals surface area contributed by atoms with Crippen LogP contribution in [0.1, 0.15) is 26.4 Å². The maximum absolute atomic E-state index is 13.3. The number of alkyl halides is 3. The van der Waals surface area contributed by atoms with E-state index in [0.29, 0.717) is 18.9 Å². The summed E-state index contributed by atoms with van der Waals surface area (Å²) in [5, 5.41) is 3.99. The van der Waals surface area contributed by atoms with Gasteiger partial charge >= 0.3 is 6.36 Å². The Hall–Kier alpha value is -3.00. The zero-order valence-electron chi connectivity index (χ0n) is 21.1. The molecule has 0 unspecified atom stereocenters. The van der Waals surface area contributed by atoms with E-state index in [1.54, 1.807) is 5.38 Å². The molecule has 8 nitrogen and oxygen atoms in total. The molecule has 4 rings (SSSR count). The lowest BCUT2D eigenvalue weighted by Crippen LogP contribution is -2.37. The Morgan fingerprint density at radius 2 is 1.79 bits per heavy atom. The van der Waals surface area contributed by atoms with Gasteiger partial charge in [0.15, 0.2) is 0 Å². The van der Waals surface area contributed by atoms with Crippen molar-refractivity contribution in [3.63, 3.8) is 0 Å². The van der Waals surface area contributed by atoms with Gasteiger partial charge < -0.3 is 19.7 Å². The van der Waals surface area contributed by atoms with E-state index in [-0.39, 0.29) is 10.6 Å². The Labute approximate surface area is 232 Å². The van der Waals surface area contributed by atoms with Crippen LogP contribution in [0.4, 0.5) is 30.2 Å². The number of amides is 1. The number of ether oxygens (including phenoxy) is 2. The summed E-state index contributed by atoms with van der Waals surface area (Å²) in [6.07, 6.45) is -4.96. The summed E-state index contributed by atoms with van der Waals surface area (Å²) in [5.74, 6) is -1.19. The molecule has 1 saturated heterocycles. The summed E-state index contributed by atoms with van der Waals surface area (Å²) in [4.78, 5) is 15.2. The van der Waals surface area contributed by atoms with Crippen molar-refractivity contribution in [1.29, 1.82) is 0 Å². The number of carbonyl (C=O) groups excluding carboxylic acids is 1. The number of sulfonamides is 1.